The van der Waals surface area contributed by atoms with E-state index in [2.05, 4.69) is 15.3 Å². The molecule has 1 aromatic heterocycles. The Morgan fingerprint density at radius 2 is 2.00 bits per heavy atom. The summed E-state index contributed by atoms with van der Waals surface area (Å²) >= 11 is 0. The lowest BCUT2D eigenvalue weighted by Gasteiger charge is -2.10. The van der Waals surface area contributed by atoms with Crippen LogP contribution in [0.4, 0.5) is 0 Å². The van der Waals surface area contributed by atoms with E-state index < -0.39 is 0 Å². The molecule has 2 aromatic rings. The van der Waals surface area contributed by atoms with Gasteiger partial charge in [-0.05, 0) is 32.0 Å². The van der Waals surface area contributed by atoms with Crippen molar-refractivity contribution in [2.45, 2.75) is 19.9 Å². The van der Waals surface area contributed by atoms with E-state index in [0.717, 1.165) is 5.56 Å². The summed E-state index contributed by atoms with van der Waals surface area (Å²) in [6.07, 6.45) is 3.37. The zero-order valence-corrected chi connectivity index (χ0v) is 11.5. The largest absolute Gasteiger partial charge is 0.484 e. The Kier molecular flexibility index (Phi) is 4.65. The van der Waals surface area contributed by atoms with Gasteiger partial charge in [-0.3, -0.25) is 4.79 Å². The van der Waals surface area contributed by atoms with Crippen molar-refractivity contribution in [3.05, 3.63) is 42.7 Å². The highest BCUT2D eigenvalue weighted by Crippen LogP contribution is 2.20. The summed E-state index contributed by atoms with van der Waals surface area (Å²) < 4.78 is 5.46. The van der Waals surface area contributed by atoms with Gasteiger partial charge in [0.15, 0.2) is 12.4 Å². The Labute approximate surface area is 118 Å². The molecule has 104 valence electrons. The van der Waals surface area contributed by atoms with E-state index in [4.69, 9.17) is 4.74 Å². The van der Waals surface area contributed by atoms with Crippen molar-refractivity contribution in [1.82, 2.24) is 15.3 Å². The molecule has 0 aliphatic carbocycles. The van der Waals surface area contributed by atoms with Crippen molar-refractivity contribution in [3.63, 3.8) is 0 Å². The minimum atomic E-state index is -0.138. The van der Waals surface area contributed by atoms with Crippen LogP contribution in [0, 0.1) is 0 Å². The van der Waals surface area contributed by atoms with E-state index in [9.17, 15) is 4.79 Å². The van der Waals surface area contributed by atoms with Gasteiger partial charge in [0, 0.05) is 24.0 Å². The third-order valence-corrected chi connectivity index (χ3v) is 2.48. The van der Waals surface area contributed by atoms with E-state index in [1.807, 2.05) is 32.0 Å². The fourth-order valence-electron chi connectivity index (χ4n) is 1.69. The molecular formula is C15H17N3O2. The topological polar surface area (TPSA) is 64.1 Å². The standard InChI is InChI=1S/C15H17N3O2/c1-11(2)18-14(19)10-20-13-6-3-5-12(9-13)15-16-7-4-8-17-15/h3-9,11H,10H2,1-2H3,(H,18,19). The lowest BCUT2D eigenvalue weighted by Crippen LogP contribution is -2.34. The van der Waals surface area contributed by atoms with Crippen LogP contribution in [-0.4, -0.2) is 28.5 Å². The van der Waals surface area contributed by atoms with E-state index in [1.165, 1.54) is 0 Å². The first kappa shape index (κ1) is 14.0. The molecule has 5 nitrogen and oxygen atoms in total. The van der Waals surface area contributed by atoms with Crippen molar-refractivity contribution in [3.8, 4) is 17.1 Å². The number of hydrogen-bond acceptors (Lipinski definition) is 4. The molecular weight excluding hydrogens is 254 g/mol. The van der Waals surface area contributed by atoms with Crippen LogP contribution in [-0.2, 0) is 4.79 Å². The molecule has 2 rings (SSSR count). The molecule has 0 atom stereocenters. The van der Waals surface area contributed by atoms with Gasteiger partial charge >= 0.3 is 0 Å². The SMILES string of the molecule is CC(C)NC(=O)COc1cccc(-c2ncccn2)c1. The van der Waals surface area contributed by atoms with E-state index in [1.54, 1.807) is 24.5 Å². The van der Waals surface area contributed by atoms with Crippen molar-refractivity contribution in [1.29, 1.82) is 0 Å². The molecule has 1 aromatic carbocycles. The fraction of sp³-hybridized carbons (Fsp3) is 0.267. The maximum Gasteiger partial charge on any atom is 0.258 e. The van der Waals surface area contributed by atoms with Crippen LogP contribution in [0.25, 0.3) is 11.4 Å². The van der Waals surface area contributed by atoms with Gasteiger partial charge in [-0.2, -0.15) is 0 Å². The molecule has 0 spiro atoms. The van der Waals surface area contributed by atoms with Crippen LogP contribution in [0.5, 0.6) is 5.75 Å². The summed E-state index contributed by atoms with van der Waals surface area (Å²) in [7, 11) is 0. The highest BCUT2D eigenvalue weighted by atomic mass is 16.5. The van der Waals surface area contributed by atoms with Gasteiger partial charge < -0.3 is 10.1 Å². The lowest BCUT2D eigenvalue weighted by molar-refractivity contribution is -0.123. The van der Waals surface area contributed by atoms with Crippen molar-refractivity contribution in [2.24, 2.45) is 0 Å². The number of ether oxygens (including phenoxy) is 1. The van der Waals surface area contributed by atoms with Crippen molar-refractivity contribution in [2.75, 3.05) is 6.61 Å². The van der Waals surface area contributed by atoms with E-state index >= 15 is 0 Å². The predicted molar refractivity (Wildman–Crippen MR) is 76.2 cm³/mol. The number of nitrogens with zero attached hydrogens (tertiary/aromatic N) is 2. The van der Waals surface area contributed by atoms with Crippen LogP contribution in [0.2, 0.25) is 0 Å². The number of aromatic nitrogens is 2. The molecule has 1 N–H and O–H groups in total. The second-order valence-electron chi connectivity index (χ2n) is 4.61. The van der Waals surface area contributed by atoms with E-state index in [0.29, 0.717) is 11.6 Å². The van der Waals surface area contributed by atoms with Gasteiger partial charge in [0.25, 0.3) is 5.91 Å². The number of rotatable bonds is 5. The van der Waals surface area contributed by atoms with Gasteiger partial charge in [0.1, 0.15) is 5.75 Å². The third-order valence-electron chi connectivity index (χ3n) is 2.48. The van der Waals surface area contributed by atoms with Crippen molar-refractivity contribution >= 4 is 5.91 Å². The molecule has 0 aliphatic heterocycles. The zero-order chi connectivity index (χ0) is 14.4. The average Bonchev–Trinajstić information content (AvgIpc) is 2.46. The van der Waals surface area contributed by atoms with E-state index in [-0.39, 0.29) is 18.6 Å². The molecule has 1 amide bonds. The summed E-state index contributed by atoms with van der Waals surface area (Å²) in [5, 5.41) is 2.77. The highest BCUT2D eigenvalue weighted by Gasteiger charge is 2.06. The second-order valence-corrected chi connectivity index (χ2v) is 4.61. The van der Waals surface area contributed by atoms with Gasteiger partial charge in [0.2, 0.25) is 0 Å². The van der Waals surface area contributed by atoms with Crippen LogP contribution in [0.3, 0.4) is 0 Å². The molecule has 0 fully saturated rings. The van der Waals surface area contributed by atoms with Gasteiger partial charge in [-0.15, -0.1) is 0 Å². The summed E-state index contributed by atoms with van der Waals surface area (Å²) in [6, 6.07) is 9.24. The van der Waals surface area contributed by atoms with Crippen LogP contribution < -0.4 is 10.1 Å². The Balaban J connectivity index is 2.02. The summed E-state index contributed by atoms with van der Waals surface area (Å²) in [6.45, 7) is 3.81. The first-order valence-electron chi connectivity index (χ1n) is 6.45. The number of amides is 1. The summed E-state index contributed by atoms with van der Waals surface area (Å²) in [5.74, 6) is 1.11. The molecule has 0 saturated heterocycles. The fourth-order valence-corrected chi connectivity index (χ4v) is 1.69. The minimum Gasteiger partial charge on any atom is -0.484 e. The lowest BCUT2D eigenvalue weighted by atomic mass is 10.2. The second kappa shape index (κ2) is 6.65. The number of carbonyl (C=O) groups excluding carboxylic acids is 1. The third kappa shape index (κ3) is 4.05. The average molecular weight is 271 g/mol. The monoisotopic (exact) mass is 271 g/mol. The number of benzene rings is 1. The van der Waals surface area contributed by atoms with Crippen LogP contribution in [0.1, 0.15) is 13.8 Å². The molecule has 20 heavy (non-hydrogen) atoms. The molecule has 1 heterocycles. The molecule has 0 bridgehead atoms. The minimum absolute atomic E-state index is 0.00270. The quantitative estimate of drug-likeness (QED) is 0.904. The maximum atomic E-state index is 11.5. The van der Waals surface area contributed by atoms with Crippen LogP contribution >= 0.6 is 0 Å². The molecule has 0 saturated carbocycles. The molecule has 5 heteroatoms. The zero-order valence-electron chi connectivity index (χ0n) is 11.5. The predicted octanol–water partition coefficient (Wildman–Crippen LogP) is 2.05. The smallest absolute Gasteiger partial charge is 0.258 e. The Hall–Kier alpha value is -2.43. The van der Waals surface area contributed by atoms with Crippen molar-refractivity contribution < 1.29 is 9.53 Å². The molecule has 0 unspecified atom stereocenters. The Morgan fingerprint density at radius 1 is 1.25 bits per heavy atom. The number of nitrogens with one attached hydrogen (secondary N) is 1. The Bertz CT molecular complexity index is 570. The molecule has 0 radical (unpaired) electrons. The first-order chi connectivity index (χ1) is 9.65. The summed E-state index contributed by atoms with van der Waals surface area (Å²) in [4.78, 5) is 19.9. The maximum absolute atomic E-state index is 11.5. The van der Waals surface area contributed by atoms with Gasteiger partial charge in [-0.25, -0.2) is 9.97 Å². The highest BCUT2D eigenvalue weighted by molar-refractivity contribution is 5.77. The normalized spacial score (nSPS) is 10.3. The van der Waals surface area contributed by atoms with Crippen LogP contribution in [0.15, 0.2) is 42.7 Å². The summed E-state index contributed by atoms with van der Waals surface area (Å²) in [5.41, 5.74) is 0.854. The number of hydrogen-bond donors (Lipinski definition) is 1. The Morgan fingerprint density at radius 3 is 2.70 bits per heavy atom. The number of carbonyl (C=O) groups is 1. The first-order valence-corrected chi connectivity index (χ1v) is 6.45. The van der Waals surface area contributed by atoms with Gasteiger partial charge in [0.05, 0.1) is 0 Å². The molecule has 0 aliphatic rings. The van der Waals surface area contributed by atoms with Gasteiger partial charge in [-0.1, -0.05) is 12.1 Å².